The summed E-state index contributed by atoms with van der Waals surface area (Å²) in [6.45, 7) is 4.41. The number of H-pyrrole nitrogens is 1. The van der Waals surface area contributed by atoms with Crippen LogP contribution in [0, 0.1) is 11.3 Å². The minimum atomic E-state index is 0.0423. The van der Waals surface area contributed by atoms with Crippen molar-refractivity contribution < 1.29 is 9.53 Å². The number of aromatic amines is 1. The molecule has 1 N–H and O–H groups in total. The van der Waals surface area contributed by atoms with Gasteiger partial charge < -0.3 is 19.5 Å². The first-order valence-electron chi connectivity index (χ1n) is 11.5. The van der Waals surface area contributed by atoms with Crippen LogP contribution in [0.3, 0.4) is 0 Å². The average molecular weight is 445 g/mol. The molecule has 170 valence electrons. The maximum atomic E-state index is 12.5. The van der Waals surface area contributed by atoms with Gasteiger partial charge in [0, 0.05) is 67.6 Å². The maximum absolute atomic E-state index is 12.5. The van der Waals surface area contributed by atoms with E-state index in [-0.39, 0.29) is 11.9 Å². The molecule has 1 saturated carbocycles. The lowest BCUT2D eigenvalue weighted by Crippen LogP contribution is -2.54. The van der Waals surface area contributed by atoms with Gasteiger partial charge in [0.25, 0.3) is 0 Å². The smallest absolute Gasteiger partial charge is 0.225 e. The van der Waals surface area contributed by atoms with E-state index in [4.69, 9.17) is 9.72 Å². The third-order valence-corrected chi connectivity index (χ3v) is 6.59. The molecule has 3 aromatic heterocycles. The molecule has 33 heavy (non-hydrogen) atoms. The normalized spacial score (nSPS) is 18.5. The van der Waals surface area contributed by atoms with Gasteiger partial charge in [-0.15, -0.1) is 0 Å². The number of fused-ring (bicyclic) bond motifs is 1. The van der Waals surface area contributed by atoms with E-state index in [1.54, 1.807) is 7.11 Å². The van der Waals surface area contributed by atoms with Crippen molar-refractivity contribution in [2.24, 2.45) is 0 Å². The lowest BCUT2D eigenvalue weighted by molar-refractivity contribution is -0.134. The first-order valence-corrected chi connectivity index (χ1v) is 11.5. The van der Waals surface area contributed by atoms with Crippen molar-refractivity contribution in [3.63, 3.8) is 0 Å². The van der Waals surface area contributed by atoms with Gasteiger partial charge in [-0.3, -0.25) is 4.79 Å². The Hall–Kier alpha value is -3.44. The van der Waals surface area contributed by atoms with Crippen LogP contribution in [0.25, 0.3) is 22.2 Å². The molecule has 1 saturated heterocycles. The van der Waals surface area contributed by atoms with Crippen molar-refractivity contribution in [2.45, 2.75) is 38.1 Å². The fourth-order valence-electron chi connectivity index (χ4n) is 4.68. The molecule has 0 radical (unpaired) electrons. The van der Waals surface area contributed by atoms with Gasteiger partial charge in [0.1, 0.15) is 17.5 Å². The van der Waals surface area contributed by atoms with Crippen LogP contribution in [-0.4, -0.2) is 65.2 Å². The minimum absolute atomic E-state index is 0.0423. The number of aromatic nitrogens is 3. The van der Waals surface area contributed by atoms with Crippen LogP contribution >= 0.6 is 0 Å². The topological polar surface area (TPSA) is 98.1 Å². The molecule has 0 bridgehead atoms. The lowest BCUT2D eigenvalue weighted by atomic mass is 9.99. The van der Waals surface area contributed by atoms with E-state index in [0.717, 1.165) is 46.5 Å². The van der Waals surface area contributed by atoms with Gasteiger partial charge >= 0.3 is 0 Å². The number of carbonyl (C=O) groups is 1. The highest BCUT2D eigenvalue weighted by molar-refractivity contribution is 5.83. The van der Waals surface area contributed by atoms with Crippen molar-refractivity contribution in [3.8, 4) is 17.2 Å². The Kier molecular flexibility index (Phi) is 5.73. The van der Waals surface area contributed by atoms with E-state index in [2.05, 4.69) is 33.9 Å². The fourth-order valence-corrected chi connectivity index (χ4v) is 4.68. The highest BCUT2D eigenvalue weighted by atomic mass is 16.5. The lowest BCUT2D eigenvalue weighted by Gasteiger charge is -2.41. The molecule has 1 amide bonds. The zero-order valence-electron chi connectivity index (χ0n) is 19.0. The Bertz CT molecular complexity index is 1230. The summed E-state index contributed by atoms with van der Waals surface area (Å²) in [5.41, 5.74) is 4.45. The molecule has 2 fully saturated rings. The predicted octanol–water partition coefficient (Wildman–Crippen LogP) is 3.45. The third kappa shape index (κ3) is 4.16. The number of nitriles is 1. The number of rotatable bonds is 6. The summed E-state index contributed by atoms with van der Waals surface area (Å²) in [7, 11) is 1.61. The molecule has 5 rings (SSSR count). The van der Waals surface area contributed by atoms with Crippen LogP contribution in [0.15, 0.2) is 30.6 Å². The highest BCUT2D eigenvalue weighted by Gasteiger charge is 2.33. The number of pyridine rings is 2. The van der Waals surface area contributed by atoms with Crippen LogP contribution in [0.4, 0.5) is 5.82 Å². The summed E-state index contributed by atoms with van der Waals surface area (Å²) in [5.74, 6) is 1.26. The van der Waals surface area contributed by atoms with Crippen molar-refractivity contribution in [1.82, 2.24) is 19.9 Å². The highest BCUT2D eigenvalue weighted by Crippen LogP contribution is 2.45. The summed E-state index contributed by atoms with van der Waals surface area (Å²) < 4.78 is 5.06. The van der Waals surface area contributed by atoms with Crippen LogP contribution in [0.2, 0.25) is 0 Å². The largest absolute Gasteiger partial charge is 0.384 e. The molecule has 0 aromatic carbocycles. The quantitative estimate of drug-likeness (QED) is 0.625. The zero-order valence-corrected chi connectivity index (χ0v) is 19.0. The van der Waals surface area contributed by atoms with Gasteiger partial charge in [0.2, 0.25) is 5.91 Å². The van der Waals surface area contributed by atoms with E-state index < -0.39 is 0 Å². The van der Waals surface area contributed by atoms with E-state index in [0.29, 0.717) is 44.1 Å². The third-order valence-electron chi connectivity index (χ3n) is 6.59. The molecule has 8 heteroatoms. The Balaban J connectivity index is 1.46. The number of hydrogen-bond donors (Lipinski definition) is 1. The van der Waals surface area contributed by atoms with E-state index in [1.807, 2.05) is 29.4 Å². The van der Waals surface area contributed by atoms with Crippen molar-refractivity contribution >= 4 is 22.8 Å². The Labute approximate surface area is 193 Å². The predicted molar refractivity (Wildman–Crippen MR) is 126 cm³/mol. The summed E-state index contributed by atoms with van der Waals surface area (Å²) >= 11 is 0. The van der Waals surface area contributed by atoms with Gasteiger partial charge in [-0.1, -0.05) is 0 Å². The maximum Gasteiger partial charge on any atom is 0.225 e. The number of methoxy groups -OCH3 is 1. The zero-order chi connectivity index (χ0) is 22.9. The summed E-state index contributed by atoms with van der Waals surface area (Å²) in [5, 5.41) is 11.0. The second-order valence-electron chi connectivity index (χ2n) is 8.94. The standard InChI is InChI=1S/C25H28N6O2/c1-16-15-30(8-9-31(16)22(32)6-10-33-2)25-19(13-26)12-21(23(29-25)17-3-4-17)20-11-18-5-7-27-24(18)28-14-20/h5,7,11-12,14,16-17H,3-4,6,8-10,15H2,1-2H3,(H,27,28)/t16-/m1/s1. The van der Waals surface area contributed by atoms with Crippen molar-refractivity contribution in [1.29, 1.82) is 5.26 Å². The van der Waals surface area contributed by atoms with Crippen molar-refractivity contribution in [2.75, 3.05) is 38.3 Å². The van der Waals surface area contributed by atoms with Crippen LogP contribution < -0.4 is 4.90 Å². The number of nitrogens with zero attached hydrogens (tertiary/aromatic N) is 5. The Morgan fingerprint density at radius 3 is 2.91 bits per heavy atom. The molecule has 0 spiro atoms. The molecule has 0 unspecified atom stereocenters. The number of anilines is 1. The van der Waals surface area contributed by atoms with Crippen LogP contribution in [0.1, 0.15) is 43.4 Å². The van der Waals surface area contributed by atoms with Gasteiger partial charge in [-0.05, 0) is 38.0 Å². The SMILES string of the molecule is COCCC(=O)N1CCN(c2nc(C3CC3)c(-c3cnc4[nH]ccc4c3)cc2C#N)C[C@H]1C. The number of ether oxygens (including phenoxy) is 1. The summed E-state index contributed by atoms with van der Waals surface area (Å²) in [4.78, 5) is 29.3. The first kappa shape index (κ1) is 21.4. The number of hydrogen-bond acceptors (Lipinski definition) is 6. The number of nitrogens with one attached hydrogen (secondary N) is 1. The molecule has 3 aromatic rings. The van der Waals surface area contributed by atoms with E-state index in [9.17, 15) is 10.1 Å². The molecule has 2 aliphatic rings. The molecule has 1 atom stereocenters. The van der Waals surface area contributed by atoms with Gasteiger partial charge in [0.05, 0.1) is 24.3 Å². The van der Waals surface area contributed by atoms with Gasteiger partial charge in [0.15, 0.2) is 0 Å². The van der Waals surface area contributed by atoms with E-state index >= 15 is 0 Å². The summed E-state index contributed by atoms with van der Waals surface area (Å²) in [6, 6.07) is 8.50. The monoisotopic (exact) mass is 444 g/mol. The number of amides is 1. The second kappa shape index (κ2) is 8.83. The van der Waals surface area contributed by atoms with Crippen molar-refractivity contribution in [3.05, 3.63) is 41.9 Å². The average Bonchev–Trinajstić information content (AvgIpc) is 3.58. The van der Waals surface area contributed by atoms with Crippen LogP contribution in [0.5, 0.6) is 0 Å². The molecule has 1 aliphatic heterocycles. The minimum Gasteiger partial charge on any atom is -0.384 e. The molecular weight excluding hydrogens is 416 g/mol. The molecule has 4 heterocycles. The first-order chi connectivity index (χ1) is 16.1. The molecule has 1 aliphatic carbocycles. The number of carbonyl (C=O) groups excluding carboxylic acids is 1. The van der Waals surface area contributed by atoms with Gasteiger partial charge in [-0.2, -0.15) is 5.26 Å². The number of piperazine rings is 1. The van der Waals surface area contributed by atoms with Gasteiger partial charge in [-0.25, -0.2) is 9.97 Å². The summed E-state index contributed by atoms with van der Waals surface area (Å²) in [6.07, 6.45) is 6.36. The van der Waals surface area contributed by atoms with E-state index in [1.165, 1.54) is 0 Å². The van der Waals surface area contributed by atoms with Crippen LogP contribution in [-0.2, 0) is 9.53 Å². The fraction of sp³-hybridized carbons (Fsp3) is 0.440. The molecular formula is C25H28N6O2. The Morgan fingerprint density at radius 1 is 1.33 bits per heavy atom. The Morgan fingerprint density at radius 2 is 2.18 bits per heavy atom. The molecule has 8 nitrogen and oxygen atoms in total. The second-order valence-corrected chi connectivity index (χ2v) is 8.94.